The standard InChI is InChI=1S/C21H34N2O2/c1-2-22-17-20(19-6-4-3-5-7-19)16-21(18-22)8-10-23(11-9-21)12-14-25-15-13-24/h3-7,20,24H,2,8-18H2,1H3. The maximum absolute atomic E-state index is 8.79. The predicted molar refractivity (Wildman–Crippen MR) is 102 cm³/mol. The van der Waals surface area contributed by atoms with Crippen LogP contribution in [0.25, 0.3) is 0 Å². The van der Waals surface area contributed by atoms with Gasteiger partial charge in [0.2, 0.25) is 0 Å². The minimum atomic E-state index is 0.122. The third kappa shape index (κ3) is 5.04. The molecular weight excluding hydrogens is 312 g/mol. The van der Waals surface area contributed by atoms with E-state index in [1.807, 2.05) is 0 Å². The Balaban J connectivity index is 1.57. The van der Waals surface area contributed by atoms with Gasteiger partial charge in [0.25, 0.3) is 0 Å². The first kappa shape index (κ1) is 18.8. The van der Waals surface area contributed by atoms with Crippen LogP contribution in [0, 0.1) is 5.41 Å². The van der Waals surface area contributed by atoms with Crippen molar-refractivity contribution < 1.29 is 9.84 Å². The van der Waals surface area contributed by atoms with E-state index in [1.54, 1.807) is 0 Å². The lowest BCUT2D eigenvalue weighted by molar-refractivity contribution is 0.00474. The molecule has 0 amide bonds. The van der Waals surface area contributed by atoms with Gasteiger partial charge in [0, 0.05) is 19.6 Å². The maximum atomic E-state index is 8.79. The van der Waals surface area contributed by atoms with Gasteiger partial charge in [-0.1, -0.05) is 37.3 Å². The van der Waals surface area contributed by atoms with Crippen molar-refractivity contribution in [2.75, 3.05) is 59.1 Å². The molecular formula is C21H34N2O2. The molecule has 0 bridgehead atoms. The Morgan fingerprint density at radius 1 is 1.12 bits per heavy atom. The molecule has 140 valence electrons. The summed E-state index contributed by atoms with van der Waals surface area (Å²) in [6, 6.07) is 11.1. The van der Waals surface area contributed by atoms with E-state index in [9.17, 15) is 0 Å². The van der Waals surface area contributed by atoms with Crippen LogP contribution in [0.2, 0.25) is 0 Å². The number of likely N-dealkylation sites (N-methyl/N-ethyl adjacent to an activating group) is 1. The van der Waals surface area contributed by atoms with Crippen LogP contribution in [0.15, 0.2) is 30.3 Å². The molecule has 1 aromatic carbocycles. The van der Waals surface area contributed by atoms with Crippen molar-refractivity contribution in [2.24, 2.45) is 5.41 Å². The smallest absolute Gasteiger partial charge is 0.0698 e. The molecule has 1 N–H and O–H groups in total. The average Bonchev–Trinajstić information content (AvgIpc) is 2.67. The zero-order chi connectivity index (χ0) is 17.5. The molecule has 2 fully saturated rings. The number of ether oxygens (including phenoxy) is 1. The molecule has 1 spiro atoms. The van der Waals surface area contributed by atoms with Crippen LogP contribution < -0.4 is 0 Å². The minimum Gasteiger partial charge on any atom is -0.394 e. The number of hydrogen-bond acceptors (Lipinski definition) is 4. The number of aliphatic hydroxyl groups excluding tert-OH is 1. The summed E-state index contributed by atoms with van der Waals surface area (Å²) >= 11 is 0. The van der Waals surface area contributed by atoms with Crippen molar-refractivity contribution in [1.29, 1.82) is 0 Å². The molecule has 25 heavy (non-hydrogen) atoms. The normalized spacial score (nSPS) is 24.6. The Kier molecular flexibility index (Phi) is 6.88. The summed E-state index contributed by atoms with van der Waals surface area (Å²) < 4.78 is 5.43. The lowest BCUT2D eigenvalue weighted by Gasteiger charge is -2.50. The molecule has 0 aromatic heterocycles. The van der Waals surface area contributed by atoms with E-state index in [4.69, 9.17) is 9.84 Å². The van der Waals surface area contributed by atoms with Crippen LogP contribution in [0.4, 0.5) is 0 Å². The first-order valence-corrected chi connectivity index (χ1v) is 9.93. The third-order valence-corrected chi connectivity index (χ3v) is 6.14. The fourth-order valence-corrected chi connectivity index (χ4v) is 4.67. The highest BCUT2D eigenvalue weighted by Gasteiger charge is 2.41. The highest BCUT2D eigenvalue weighted by atomic mass is 16.5. The van der Waals surface area contributed by atoms with E-state index in [2.05, 4.69) is 47.1 Å². The molecule has 0 aliphatic carbocycles. The summed E-state index contributed by atoms with van der Waals surface area (Å²) in [6.45, 7) is 10.6. The van der Waals surface area contributed by atoms with Gasteiger partial charge in [-0.3, -0.25) is 0 Å². The highest BCUT2D eigenvalue weighted by Crippen LogP contribution is 2.44. The Morgan fingerprint density at radius 2 is 1.88 bits per heavy atom. The molecule has 4 nitrogen and oxygen atoms in total. The first-order valence-electron chi connectivity index (χ1n) is 9.93. The Morgan fingerprint density at radius 3 is 2.56 bits per heavy atom. The van der Waals surface area contributed by atoms with E-state index in [-0.39, 0.29) is 6.61 Å². The van der Waals surface area contributed by atoms with E-state index in [1.165, 1.54) is 51.0 Å². The fraction of sp³-hybridized carbons (Fsp3) is 0.714. The third-order valence-electron chi connectivity index (χ3n) is 6.14. The molecule has 3 rings (SSSR count). The van der Waals surface area contributed by atoms with Crippen molar-refractivity contribution in [1.82, 2.24) is 9.80 Å². The quantitative estimate of drug-likeness (QED) is 0.770. The minimum absolute atomic E-state index is 0.122. The Hall–Kier alpha value is -0.940. The number of piperidine rings is 2. The predicted octanol–water partition coefficient (Wildman–Crippen LogP) is 2.59. The summed E-state index contributed by atoms with van der Waals surface area (Å²) in [5, 5.41) is 8.79. The molecule has 1 atom stereocenters. The van der Waals surface area contributed by atoms with Gasteiger partial charge in [-0.25, -0.2) is 0 Å². The summed E-state index contributed by atoms with van der Waals surface area (Å²) in [5.74, 6) is 0.675. The van der Waals surface area contributed by atoms with Crippen LogP contribution in [0.3, 0.4) is 0 Å². The SMILES string of the molecule is CCN1CC(c2ccccc2)CC2(CCN(CCOCCO)CC2)C1. The number of likely N-dealkylation sites (tertiary alicyclic amines) is 2. The van der Waals surface area contributed by atoms with Crippen molar-refractivity contribution >= 4 is 0 Å². The fourth-order valence-electron chi connectivity index (χ4n) is 4.67. The number of rotatable bonds is 7. The summed E-state index contributed by atoms with van der Waals surface area (Å²) in [4.78, 5) is 5.20. The molecule has 0 saturated carbocycles. The number of benzene rings is 1. The lowest BCUT2D eigenvalue weighted by atomic mass is 9.68. The van der Waals surface area contributed by atoms with Crippen LogP contribution in [0.5, 0.6) is 0 Å². The van der Waals surface area contributed by atoms with Gasteiger partial charge in [-0.2, -0.15) is 0 Å². The van der Waals surface area contributed by atoms with Gasteiger partial charge in [0.1, 0.15) is 0 Å². The van der Waals surface area contributed by atoms with Gasteiger partial charge < -0.3 is 19.6 Å². The summed E-state index contributed by atoms with van der Waals surface area (Å²) in [7, 11) is 0. The van der Waals surface area contributed by atoms with E-state index in [0.717, 1.165) is 19.7 Å². The lowest BCUT2D eigenvalue weighted by Crippen LogP contribution is -2.51. The Labute approximate surface area is 152 Å². The molecule has 2 aliphatic rings. The average molecular weight is 347 g/mol. The topological polar surface area (TPSA) is 35.9 Å². The van der Waals surface area contributed by atoms with E-state index in [0.29, 0.717) is 17.9 Å². The molecule has 2 heterocycles. The Bertz CT molecular complexity index is 500. The second-order valence-electron chi connectivity index (χ2n) is 7.82. The van der Waals surface area contributed by atoms with Crippen LogP contribution in [-0.4, -0.2) is 74.0 Å². The molecule has 1 aromatic rings. The van der Waals surface area contributed by atoms with E-state index >= 15 is 0 Å². The molecule has 1 unspecified atom stereocenters. The zero-order valence-electron chi connectivity index (χ0n) is 15.7. The second kappa shape index (κ2) is 9.13. The van der Waals surface area contributed by atoms with Gasteiger partial charge in [-0.05, 0) is 55.8 Å². The largest absolute Gasteiger partial charge is 0.394 e. The van der Waals surface area contributed by atoms with Crippen LogP contribution in [0.1, 0.15) is 37.7 Å². The van der Waals surface area contributed by atoms with Crippen molar-refractivity contribution in [2.45, 2.75) is 32.1 Å². The van der Waals surface area contributed by atoms with Gasteiger partial charge in [-0.15, -0.1) is 0 Å². The summed E-state index contributed by atoms with van der Waals surface area (Å²) in [6.07, 6.45) is 3.93. The molecule has 2 saturated heterocycles. The summed E-state index contributed by atoms with van der Waals surface area (Å²) in [5.41, 5.74) is 2.00. The zero-order valence-corrected chi connectivity index (χ0v) is 15.7. The number of aliphatic hydroxyl groups is 1. The van der Waals surface area contributed by atoms with Crippen LogP contribution >= 0.6 is 0 Å². The number of hydrogen-bond donors (Lipinski definition) is 1. The van der Waals surface area contributed by atoms with Crippen LogP contribution in [-0.2, 0) is 4.74 Å². The van der Waals surface area contributed by atoms with Gasteiger partial charge in [0.05, 0.1) is 19.8 Å². The maximum Gasteiger partial charge on any atom is 0.0698 e. The van der Waals surface area contributed by atoms with Crippen molar-refractivity contribution in [3.8, 4) is 0 Å². The first-order chi connectivity index (χ1) is 12.2. The molecule has 2 aliphatic heterocycles. The molecule has 4 heteroatoms. The highest BCUT2D eigenvalue weighted by molar-refractivity contribution is 5.21. The monoisotopic (exact) mass is 346 g/mol. The van der Waals surface area contributed by atoms with Gasteiger partial charge in [0.15, 0.2) is 0 Å². The number of nitrogens with zero attached hydrogens (tertiary/aromatic N) is 2. The molecule has 0 radical (unpaired) electrons. The van der Waals surface area contributed by atoms with Crippen molar-refractivity contribution in [3.05, 3.63) is 35.9 Å². The second-order valence-corrected chi connectivity index (χ2v) is 7.82. The van der Waals surface area contributed by atoms with E-state index < -0.39 is 0 Å². The van der Waals surface area contributed by atoms with Crippen molar-refractivity contribution in [3.63, 3.8) is 0 Å². The van der Waals surface area contributed by atoms with Gasteiger partial charge >= 0.3 is 0 Å².